The number of benzene rings is 1. The van der Waals surface area contributed by atoms with Gasteiger partial charge in [-0.2, -0.15) is 0 Å². The van der Waals surface area contributed by atoms with Gasteiger partial charge in [-0.15, -0.1) is 11.8 Å². The molecular weight excluding hydrogens is 226 g/mol. The fraction of sp³-hybridized carbons (Fsp3) is 0.455. The predicted molar refractivity (Wildman–Crippen MR) is 67.7 cm³/mol. The zero-order valence-electron chi connectivity index (χ0n) is 8.95. The molecule has 1 aliphatic heterocycles. The van der Waals surface area contributed by atoms with Crippen LogP contribution in [0.5, 0.6) is 5.75 Å². The summed E-state index contributed by atoms with van der Waals surface area (Å²) in [5, 5.41) is 3.50. The molecule has 0 spiro atoms. The maximum atomic E-state index is 5.34. The highest BCUT2D eigenvalue weighted by molar-refractivity contribution is 8.18. The lowest BCUT2D eigenvalue weighted by Gasteiger charge is -2.23. The van der Waals surface area contributed by atoms with E-state index in [2.05, 4.69) is 18.3 Å². The predicted octanol–water partition coefficient (Wildman–Crippen LogP) is 2.80. The van der Waals surface area contributed by atoms with Gasteiger partial charge in [-0.1, -0.05) is 23.9 Å². The lowest BCUT2D eigenvalue weighted by molar-refractivity contribution is 0.404. The van der Waals surface area contributed by atoms with Crippen LogP contribution in [0.2, 0.25) is 0 Å². The molecule has 1 fully saturated rings. The van der Waals surface area contributed by atoms with E-state index in [0.29, 0.717) is 0 Å². The zero-order chi connectivity index (χ0) is 10.7. The van der Waals surface area contributed by atoms with Crippen LogP contribution < -0.4 is 10.1 Å². The first kappa shape index (κ1) is 11.2. The fourth-order valence-electron chi connectivity index (χ4n) is 1.55. The number of hydrogen-bond donors (Lipinski definition) is 1. The van der Waals surface area contributed by atoms with E-state index < -0.39 is 0 Å². The summed E-state index contributed by atoms with van der Waals surface area (Å²) in [5.41, 5.74) is 0. The summed E-state index contributed by atoms with van der Waals surface area (Å²) in [5.74, 6) is 2.14. The summed E-state index contributed by atoms with van der Waals surface area (Å²) in [6, 6.07) is 8.16. The van der Waals surface area contributed by atoms with E-state index in [1.807, 2.05) is 41.7 Å². The van der Waals surface area contributed by atoms with Gasteiger partial charge in [-0.25, -0.2) is 0 Å². The van der Waals surface area contributed by atoms with Crippen molar-refractivity contribution in [1.82, 2.24) is 5.32 Å². The van der Waals surface area contributed by atoms with Crippen molar-refractivity contribution in [2.75, 3.05) is 19.4 Å². The van der Waals surface area contributed by atoms with Crippen molar-refractivity contribution in [1.29, 1.82) is 0 Å². The molecule has 0 amide bonds. The first-order valence-corrected chi connectivity index (χ1v) is 6.75. The summed E-state index contributed by atoms with van der Waals surface area (Å²) in [6.07, 6.45) is 0. The Bertz CT molecular complexity index is 337. The second-order valence-corrected chi connectivity index (χ2v) is 6.71. The van der Waals surface area contributed by atoms with Crippen molar-refractivity contribution in [2.45, 2.75) is 16.0 Å². The van der Waals surface area contributed by atoms with E-state index >= 15 is 0 Å². The van der Waals surface area contributed by atoms with Gasteiger partial charge in [0, 0.05) is 12.3 Å². The Morgan fingerprint density at radius 2 is 2.27 bits per heavy atom. The van der Waals surface area contributed by atoms with Crippen LogP contribution in [0.4, 0.5) is 0 Å². The Kier molecular flexibility index (Phi) is 3.49. The molecule has 1 atom stereocenters. The van der Waals surface area contributed by atoms with E-state index in [1.165, 1.54) is 10.6 Å². The van der Waals surface area contributed by atoms with E-state index in [4.69, 9.17) is 4.74 Å². The molecule has 1 aromatic carbocycles. The Morgan fingerprint density at radius 1 is 1.47 bits per heavy atom. The number of hydrogen-bond acceptors (Lipinski definition) is 4. The van der Waals surface area contributed by atoms with Crippen molar-refractivity contribution < 1.29 is 4.74 Å². The van der Waals surface area contributed by atoms with Crippen LogP contribution in [0.15, 0.2) is 29.2 Å². The summed E-state index contributed by atoms with van der Waals surface area (Å²) in [4.78, 5) is 1.20. The highest BCUT2D eigenvalue weighted by Gasteiger charge is 2.30. The molecule has 1 aromatic rings. The number of ether oxygens (including phenoxy) is 1. The minimum atomic E-state index is 0.0919. The molecule has 2 rings (SSSR count). The van der Waals surface area contributed by atoms with E-state index in [-0.39, 0.29) is 4.20 Å². The lowest BCUT2D eigenvalue weighted by Crippen LogP contribution is -2.29. The maximum absolute atomic E-state index is 5.34. The summed E-state index contributed by atoms with van der Waals surface area (Å²) in [6.45, 7) is 3.31. The topological polar surface area (TPSA) is 21.3 Å². The standard InChI is InChI=1S/C11H15NOS2/c1-11(12-7-8-14-11)15-10-6-4-3-5-9(10)13-2/h3-6,12H,7-8H2,1-2H3. The molecule has 1 N–H and O–H groups in total. The minimum absolute atomic E-state index is 0.0919. The second kappa shape index (κ2) is 4.68. The molecule has 2 nitrogen and oxygen atoms in total. The third kappa shape index (κ3) is 2.62. The highest BCUT2D eigenvalue weighted by Crippen LogP contribution is 2.44. The van der Waals surface area contributed by atoms with E-state index in [0.717, 1.165) is 12.3 Å². The van der Waals surface area contributed by atoms with Crippen molar-refractivity contribution in [2.24, 2.45) is 0 Å². The largest absolute Gasteiger partial charge is 0.496 e. The molecule has 0 aromatic heterocycles. The molecule has 4 heteroatoms. The number of nitrogens with one attached hydrogen (secondary N) is 1. The highest BCUT2D eigenvalue weighted by atomic mass is 32.2. The molecule has 0 aliphatic carbocycles. The summed E-state index contributed by atoms with van der Waals surface area (Å²) in [7, 11) is 1.72. The normalized spacial score (nSPS) is 25.5. The van der Waals surface area contributed by atoms with Crippen molar-refractivity contribution in [3.8, 4) is 5.75 Å². The van der Waals surface area contributed by atoms with Crippen molar-refractivity contribution in [3.63, 3.8) is 0 Å². The lowest BCUT2D eigenvalue weighted by atomic mass is 10.3. The van der Waals surface area contributed by atoms with Crippen LogP contribution >= 0.6 is 23.5 Å². The van der Waals surface area contributed by atoms with Gasteiger partial charge in [0.1, 0.15) is 9.95 Å². The van der Waals surface area contributed by atoms with Crippen molar-refractivity contribution >= 4 is 23.5 Å². The fourth-order valence-corrected chi connectivity index (χ4v) is 4.10. The van der Waals surface area contributed by atoms with Gasteiger partial charge in [0.25, 0.3) is 0 Å². The third-order valence-corrected chi connectivity index (χ3v) is 5.10. The molecular formula is C11H15NOS2. The third-order valence-electron chi connectivity index (χ3n) is 2.30. The molecule has 0 bridgehead atoms. The van der Waals surface area contributed by atoms with Gasteiger partial charge in [-0.05, 0) is 19.1 Å². The van der Waals surface area contributed by atoms with E-state index in [9.17, 15) is 0 Å². The molecule has 15 heavy (non-hydrogen) atoms. The number of rotatable bonds is 3. The number of thioether (sulfide) groups is 2. The van der Waals surface area contributed by atoms with Gasteiger partial charge < -0.3 is 4.74 Å². The second-order valence-electron chi connectivity index (χ2n) is 3.47. The molecule has 1 aliphatic rings. The average molecular weight is 241 g/mol. The van der Waals surface area contributed by atoms with Gasteiger partial charge in [0.15, 0.2) is 0 Å². The monoisotopic (exact) mass is 241 g/mol. The Labute approximate surface area is 99.2 Å². The van der Waals surface area contributed by atoms with Crippen molar-refractivity contribution in [3.05, 3.63) is 24.3 Å². The molecule has 1 heterocycles. The zero-order valence-corrected chi connectivity index (χ0v) is 10.6. The van der Waals surface area contributed by atoms with Gasteiger partial charge in [0.05, 0.1) is 12.0 Å². The molecule has 82 valence electrons. The Balaban J connectivity index is 2.16. The van der Waals surface area contributed by atoms with Gasteiger partial charge >= 0.3 is 0 Å². The number of methoxy groups -OCH3 is 1. The number of para-hydroxylation sites is 1. The van der Waals surface area contributed by atoms with Crippen LogP contribution in [0, 0.1) is 0 Å². The van der Waals surface area contributed by atoms with Crippen LogP contribution in [0.3, 0.4) is 0 Å². The summed E-state index contributed by atoms with van der Waals surface area (Å²) >= 11 is 3.79. The van der Waals surface area contributed by atoms with Gasteiger partial charge in [0.2, 0.25) is 0 Å². The van der Waals surface area contributed by atoms with E-state index in [1.54, 1.807) is 7.11 Å². The Hall–Kier alpha value is -0.320. The summed E-state index contributed by atoms with van der Waals surface area (Å²) < 4.78 is 5.43. The van der Waals surface area contributed by atoms with Crippen LogP contribution in [0.1, 0.15) is 6.92 Å². The molecule has 1 unspecified atom stereocenters. The molecule has 0 saturated carbocycles. The molecule has 0 radical (unpaired) electrons. The minimum Gasteiger partial charge on any atom is -0.496 e. The van der Waals surface area contributed by atoms with Crippen LogP contribution in [-0.4, -0.2) is 23.6 Å². The Morgan fingerprint density at radius 3 is 2.93 bits per heavy atom. The first-order valence-electron chi connectivity index (χ1n) is 4.94. The van der Waals surface area contributed by atoms with Gasteiger partial charge in [-0.3, -0.25) is 5.32 Å². The molecule has 1 saturated heterocycles. The van der Waals surface area contributed by atoms with Crippen LogP contribution in [0.25, 0.3) is 0 Å². The SMILES string of the molecule is COc1ccccc1SC1(C)NCCS1. The maximum Gasteiger partial charge on any atom is 0.132 e. The average Bonchev–Trinajstić information content (AvgIpc) is 2.66. The quantitative estimate of drug-likeness (QED) is 0.878. The van der Waals surface area contributed by atoms with Crippen LogP contribution in [-0.2, 0) is 0 Å². The smallest absolute Gasteiger partial charge is 0.132 e. The first-order chi connectivity index (χ1) is 7.23.